The predicted octanol–water partition coefficient (Wildman–Crippen LogP) is 2.45. The zero-order valence-corrected chi connectivity index (χ0v) is 11.9. The molecule has 0 radical (unpaired) electrons. The highest BCUT2D eigenvalue weighted by atomic mass is 19.1. The zero-order chi connectivity index (χ0) is 14.3. The van der Waals surface area contributed by atoms with Gasteiger partial charge in [-0.3, -0.25) is 0 Å². The minimum atomic E-state index is -0.640. The molecule has 0 heterocycles. The molecule has 0 bridgehead atoms. The molecule has 0 spiro atoms. The van der Waals surface area contributed by atoms with Crippen molar-refractivity contribution < 1.29 is 14.2 Å². The molecule has 2 N–H and O–H groups in total. The SMILES string of the molecule is CC(C)C(C)CNCC(O)COc1ccccc1F. The van der Waals surface area contributed by atoms with Crippen molar-refractivity contribution in [1.29, 1.82) is 0 Å². The van der Waals surface area contributed by atoms with Crippen LogP contribution in [0.4, 0.5) is 4.39 Å². The van der Waals surface area contributed by atoms with Gasteiger partial charge in [0.15, 0.2) is 11.6 Å². The van der Waals surface area contributed by atoms with Crippen LogP contribution in [0, 0.1) is 17.7 Å². The number of rotatable bonds is 8. The topological polar surface area (TPSA) is 41.5 Å². The van der Waals surface area contributed by atoms with Gasteiger partial charge in [0, 0.05) is 6.54 Å². The first kappa shape index (κ1) is 15.9. The van der Waals surface area contributed by atoms with Crippen LogP contribution in [-0.4, -0.2) is 30.9 Å². The van der Waals surface area contributed by atoms with E-state index in [1.165, 1.54) is 6.07 Å². The third-order valence-electron chi connectivity index (χ3n) is 3.25. The number of ether oxygens (including phenoxy) is 1. The molecule has 1 aromatic carbocycles. The minimum absolute atomic E-state index is 0.0873. The van der Waals surface area contributed by atoms with Crippen LogP contribution in [0.25, 0.3) is 0 Å². The average molecular weight is 269 g/mol. The molecular formula is C15H24FNO2. The van der Waals surface area contributed by atoms with Gasteiger partial charge in [-0.25, -0.2) is 4.39 Å². The molecule has 0 amide bonds. The maximum atomic E-state index is 13.3. The molecule has 2 atom stereocenters. The molecule has 3 nitrogen and oxygen atoms in total. The van der Waals surface area contributed by atoms with Crippen LogP contribution < -0.4 is 10.1 Å². The maximum Gasteiger partial charge on any atom is 0.165 e. The van der Waals surface area contributed by atoms with Crippen LogP contribution in [0.1, 0.15) is 20.8 Å². The van der Waals surface area contributed by atoms with Crippen LogP contribution in [0.2, 0.25) is 0 Å². The summed E-state index contributed by atoms with van der Waals surface area (Å²) >= 11 is 0. The van der Waals surface area contributed by atoms with E-state index in [-0.39, 0.29) is 12.4 Å². The van der Waals surface area contributed by atoms with E-state index in [0.29, 0.717) is 18.4 Å². The molecule has 0 fully saturated rings. The molecule has 0 aliphatic carbocycles. The third kappa shape index (κ3) is 6.03. The fourth-order valence-corrected chi connectivity index (χ4v) is 1.52. The van der Waals surface area contributed by atoms with Crippen LogP contribution in [-0.2, 0) is 0 Å². The molecule has 4 heteroatoms. The van der Waals surface area contributed by atoms with Gasteiger partial charge < -0.3 is 15.2 Å². The lowest BCUT2D eigenvalue weighted by atomic mass is 9.98. The second-order valence-electron chi connectivity index (χ2n) is 5.27. The summed E-state index contributed by atoms with van der Waals surface area (Å²) in [5, 5.41) is 12.9. The fourth-order valence-electron chi connectivity index (χ4n) is 1.52. The molecule has 108 valence electrons. The van der Waals surface area contributed by atoms with Crippen molar-refractivity contribution in [3.05, 3.63) is 30.1 Å². The zero-order valence-electron chi connectivity index (χ0n) is 11.9. The largest absolute Gasteiger partial charge is 0.488 e. The molecule has 0 saturated carbocycles. The van der Waals surface area contributed by atoms with Crippen molar-refractivity contribution in [2.75, 3.05) is 19.7 Å². The van der Waals surface area contributed by atoms with Crippen LogP contribution in [0.5, 0.6) is 5.75 Å². The number of hydrogen-bond donors (Lipinski definition) is 2. The molecule has 0 aliphatic heterocycles. The summed E-state index contributed by atoms with van der Waals surface area (Å²) < 4.78 is 18.5. The molecule has 2 unspecified atom stereocenters. The Hall–Kier alpha value is -1.13. The Morgan fingerprint density at radius 2 is 1.89 bits per heavy atom. The lowest BCUT2D eigenvalue weighted by molar-refractivity contribution is 0.103. The normalized spacial score (nSPS) is 14.4. The van der Waals surface area contributed by atoms with Crippen molar-refractivity contribution in [3.63, 3.8) is 0 Å². The van der Waals surface area contributed by atoms with Gasteiger partial charge in [-0.05, 0) is 30.5 Å². The summed E-state index contributed by atoms with van der Waals surface area (Å²) in [5.41, 5.74) is 0. The van der Waals surface area contributed by atoms with Gasteiger partial charge in [0.05, 0.1) is 0 Å². The van der Waals surface area contributed by atoms with Gasteiger partial charge in [-0.15, -0.1) is 0 Å². The summed E-state index contributed by atoms with van der Waals surface area (Å²) in [6, 6.07) is 6.20. The van der Waals surface area contributed by atoms with E-state index < -0.39 is 11.9 Å². The Labute approximate surface area is 114 Å². The second-order valence-corrected chi connectivity index (χ2v) is 5.27. The molecular weight excluding hydrogens is 245 g/mol. The quantitative estimate of drug-likeness (QED) is 0.761. The first-order valence-electron chi connectivity index (χ1n) is 6.76. The molecule has 19 heavy (non-hydrogen) atoms. The van der Waals surface area contributed by atoms with E-state index in [2.05, 4.69) is 26.1 Å². The van der Waals surface area contributed by atoms with Gasteiger partial charge in [-0.1, -0.05) is 32.9 Å². The number of aliphatic hydroxyl groups is 1. The number of nitrogens with one attached hydrogen (secondary N) is 1. The Morgan fingerprint density at radius 3 is 2.53 bits per heavy atom. The minimum Gasteiger partial charge on any atom is -0.488 e. The number of para-hydroxylation sites is 1. The average Bonchev–Trinajstić information content (AvgIpc) is 2.37. The molecule has 0 saturated heterocycles. The monoisotopic (exact) mass is 269 g/mol. The predicted molar refractivity (Wildman–Crippen MR) is 74.8 cm³/mol. The first-order valence-corrected chi connectivity index (χ1v) is 6.76. The van der Waals surface area contributed by atoms with E-state index >= 15 is 0 Å². The van der Waals surface area contributed by atoms with Gasteiger partial charge in [0.25, 0.3) is 0 Å². The highest BCUT2D eigenvalue weighted by Gasteiger charge is 2.10. The number of benzene rings is 1. The Bertz CT molecular complexity index is 371. The van der Waals surface area contributed by atoms with E-state index in [4.69, 9.17) is 4.74 Å². The Kier molecular flexibility index (Phi) is 6.81. The molecule has 1 rings (SSSR count). The van der Waals surface area contributed by atoms with E-state index in [1.54, 1.807) is 18.2 Å². The Morgan fingerprint density at radius 1 is 1.21 bits per heavy atom. The third-order valence-corrected chi connectivity index (χ3v) is 3.25. The van der Waals surface area contributed by atoms with Crippen molar-refractivity contribution in [3.8, 4) is 5.75 Å². The molecule has 0 aromatic heterocycles. The fraction of sp³-hybridized carbons (Fsp3) is 0.600. The van der Waals surface area contributed by atoms with Crippen molar-refractivity contribution in [2.45, 2.75) is 26.9 Å². The highest BCUT2D eigenvalue weighted by molar-refractivity contribution is 5.23. The summed E-state index contributed by atoms with van der Waals surface area (Å²) in [6.45, 7) is 7.90. The van der Waals surface area contributed by atoms with Crippen LogP contribution >= 0.6 is 0 Å². The van der Waals surface area contributed by atoms with Crippen molar-refractivity contribution in [1.82, 2.24) is 5.32 Å². The maximum absolute atomic E-state index is 13.3. The summed E-state index contributed by atoms with van der Waals surface area (Å²) in [6.07, 6.45) is -0.640. The second kappa shape index (κ2) is 8.12. The van der Waals surface area contributed by atoms with Crippen molar-refractivity contribution in [2.24, 2.45) is 11.8 Å². The van der Waals surface area contributed by atoms with E-state index in [1.807, 2.05) is 0 Å². The summed E-state index contributed by atoms with van der Waals surface area (Å²) in [5.74, 6) is 0.937. The Balaban J connectivity index is 2.21. The highest BCUT2D eigenvalue weighted by Crippen LogP contribution is 2.15. The van der Waals surface area contributed by atoms with Crippen molar-refractivity contribution >= 4 is 0 Å². The number of hydrogen-bond acceptors (Lipinski definition) is 3. The van der Waals surface area contributed by atoms with Gasteiger partial charge in [-0.2, -0.15) is 0 Å². The van der Waals surface area contributed by atoms with E-state index in [0.717, 1.165) is 6.54 Å². The molecule has 1 aromatic rings. The lowest BCUT2D eigenvalue weighted by Gasteiger charge is -2.18. The van der Waals surface area contributed by atoms with Crippen LogP contribution in [0.3, 0.4) is 0 Å². The first-order chi connectivity index (χ1) is 9.00. The number of halogens is 1. The van der Waals surface area contributed by atoms with Gasteiger partial charge in [0.2, 0.25) is 0 Å². The van der Waals surface area contributed by atoms with E-state index in [9.17, 15) is 9.50 Å². The van der Waals surface area contributed by atoms with Gasteiger partial charge in [0.1, 0.15) is 12.7 Å². The standard InChI is InChI=1S/C15H24FNO2/c1-11(2)12(3)8-17-9-13(18)10-19-15-7-5-4-6-14(15)16/h4-7,11-13,17-18H,8-10H2,1-3H3. The van der Waals surface area contributed by atoms with Gasteiger partial charge >= 0.3 is 0 Å². The summed E-state index contributed by atoms with van der Waals surface area (Å²) in [4.78, 5) is 0. The summed E-state index contributed by atoms with van der Waals surface area (Å²) in [7, 11) is 0. The number of aliphatic hydroxyl groups excluding tert-OH is 1. The lowest BCUT2D eigenvalue weighted by Crippen LogP contribution is -2.34. The van der Waals surface area contributed by atoms with Crippen LogP contribution in [0.15, 0.2) is 24.3 Å². The molecule has 0 aliphatic rings. The smallest absolute Gasteiger partial charge is 0.165 e.